The number of benzene rings is 2. The van der Waals surface area contributed by atoms with Crippen molar-refractivity contribution in [3.8, 4) is 17.6 Å². The summed E-state index contributed by atoms with van der Waals surface area (Å²) in [5, 5.41) is 18.7. The normalized spacial score (nSPS) is 11.9. The summed E-state index contributed by atoms with van der Waals surface area (Å²) in [6.07, 6.45) is 0. The van der Waals surface area contributed by atoms with Crippen LogP contribution in [0, 0.1) is 40.4 Å². The zero-order valence-corrected chi connectivity index (χ0v) is 12.2. The molecule has 0 aliphatic heterocycles. The van der Waals surface area contributed by atoms with Gasteiger partial charge in [-0.3, -0.25) is 0 Å². The number of nitrogens with zero attached hydrogens (tertiary/aromatic N) is 1. The van der Waals surface area contributed by atoms with Crippen molar-refractivity contribution in [1.29, 1.82) is 5.26 Å². The van der Waals surface area contributed by atoms with E-state index in [4.69, 9.17) is 10.00 Å². The minimum absolute atomic E-state index is 0.210. The van der Waals surface area contributed by atoms with E-state index < -0.39 is 52.9 Å². The molecule has 0 aliphatic carbocycles. The predicted molar refractivity (Wildman–Crippen MR) is 72.7 cm³/mol. The number of phenols is 1. The third-order valence-electron chi connectivity index (χ3n) is 3.35. The SMILES string of the molecule is CC(C#N)c1cccc(O)c1OCc1c(F)c(F)c(F)c(F)c1F. The van der Waals surface area contributed by atoms with E-state index in [2.05, 4.69) is 0 Å². The van der Waals surface area contributed by atoms with Gasteiger partial charge in [0.2, 0.25) is 5.82 Å². The van der Waals surface area contributed by atoms with Gasteiger partial charge in [-0.1, -0.05) is 12.1 Å². The van der Waals surface area contributed by atoms with Crippen LogP contribution in [0.25, 0.3) is 0 Å². The Labute approximate surface area is 133 Å². The first-order chi connectivity index (χ1) is 11.3. The molecular weight excluding hydrogens is 333 g/mol. The van der Waals surface area contributed by atoms with Crippen LogP contribution in [0.3, 0.4) is 0 Å². The highest BCUT2D eigenvalue weighted by atomic mass is 19.2. The fourth-order valence-corrected chi connectivity index (χ4v) is 2.03. The highest BCUT2D eigenvalue weighted by Gasteiger charge is 2.26. The molecule has 24 heavy (non-hydrogen) atoms. The third kappa shape index (κ3) is 2.97. The Morgan fingerprint density at radius 2 is 1.58 bits per heavy atom. The molecule has 0 aromatic heterocycles. The van der Waals surface area contributed by atoms with Gasteiger partial charge in [0, 0.05) is 5.56 Å². The van der Waals surface area contributed by atoms with E-state index in [1.807, 2.05) is 6.07 Å². The molecule has 0 saturated carbocycles. The first-order valence-electron chi connectivity index (χ1n) is 6.64. The van der Waals surface area contributed by atoms with Crippen LogP contribution in [-0.4, -0.2) is 5.11 Å². The topological polar surface area (TPSA) is 53.2 Å². The lowest BCUT2D eigenvalue weighted by Crippen LogP contribution is -2.10. The summed E-state index contributed by atoms with van der Waals surface area (Å²) in [7, 11) is 0. The number of hydrogen-bond acceptors (Lipinski definition) is 3. The molecule has 0 radical (unpaired) electrons. The number of phenolic OH excluding ortho intramolecular Hbond substituents is 1. The Balaban J connectivity index is 2.42. The lowest BCUT2D eigenvalue weighted by molar-refractivity contribution is 0.265. The van der Waals surface area contributed by atoms with E-state index in [1.165, 1.54) is 25.1 Å². The number of rotatable bonds is 4. The molecule has 0 aliphatic rings. The second kappa shape index (κ2) is 6.74. The minimum atomic E-state index is -2.27. The van der Waals surface area contributed by atoms with Gasteiger partial charge in [-0.05, 0) is 13.0 Å². The number of ether oxygens (including phenoxy) is 1. The van der Waals surface area contributed by atoms with Gasteiger partial charge >= 0.3 is 0 Å². The molecule has 0 saturated heterocycles. The molecular formula is C16H10F5NO2. The van der Waals surface area contributed by atoms with Crippen molar-refractivity contribution < 1.29 is 31.8 Å². The highest BCUT2D eigenvalue weighted by Crippen LogP contribution is 2.35. The minimum Gasteiger partial charge on any atom is -0.504 e. The zero-order chi connectivity index (χ0) is 18.0. The van der Waals surface area contributed by atoms with Crippen molar-refractivity contribution in [1.82, 2.24) is 0 Å². The molecule has 1 N–H and O–H groups in total. The van der Waals surface area contributed by atoms with Crippen molar-refractivity contribution in [3.05, 3.63) is 58.4 Å². The molecule has 1 unspecified atom stereocenters. The number of hydrogen-bond donors (Lipinski definition) is 1. The molecule has 3 nitrogen and oxygen atoms in total. The van der Waals surface area contributed by atoms with Crippen LogP contribution < -0.4 is 4.74 Å². The van der Waals surface area contributed by atoms with Crippen molar-refractivity contribution in [2.24, 2.45) is 0 Å². The molecule has 2 aromatic carbocycles. The quantitative estimate of drug-likeness (QED) is 0.512. The Kier molecular flexibility index (Phi) is 4.93. The van der Waals surface area contributed by atoms with Gasteiger partial charge in [-0.2, -0.15) is 5.26 Å². The van der Waals surface area contributed by atoms with Crippen LogP contribution in [0.15, 0.2) is 18.2 Å². The second-order valence-corrected chi connectivity index (χ2v) is 4.88. The molecule has 2 aromatic rings. The van der Waals surface area contributed by atoms with Gasteiger partial charge < -0.3 is 9.84 Å². The standard InChI is InChI=1S/C16H10F5NO2/c1-7(5-22)8-3-2-4-10(23)16(8)24-6-9-11(17)13(19)15(21)14(20)12(9)18/h2-4,7,23H,6H2,1H3. The third-order valence-corrected chi connectivity index (χ3v) is 3.35. The fraction of sp³-hybridized carbons (Fsp3) is 0.188. The average Bonchev–Trinajstić information content (AvgIpc) is 2.58. The van der Waals surface area contributed by atoms with E-state index in [0.29, 0.717) is 0 Å². The van der Waals surface area contributed by atoms with Crippen LogP contribution in [0.4, 0.5) is 22.0 Å². The van der Waals surface area contributed by atoms with Crippen LogP contribution >= 0.6 is 0 Å². The van der Waals surface area contributed by atoms with E-state index in [-0.39, 0.29) is 11.3 Å². The molecule has 126 valence electrons. The van der Waals surface area contributed by atoms with E-state index in [1.54, 1.807) is 0 Å². The lowest BCUT2D eigenvalue weighted by atomic mass is 10.0. The van der Waals surface area contributed by atoms with Crippen molar-refractivity contribution >= 4 is 0 Å². The summed E-state index contributed by atoms with van der Waals surface area (Å²) in [6, 6.07) is 5.93. The smallest absolute Gasteiger partial charge is 0.200 e. The van der Waals surface area contributed by atoms with Gasteiger partial charge in [-0.15, -0.1) is 0 Å². The molecule has 0 amide bonds. The van der Waals surface area contributed by atoms with E-state index in [0.717, 1.165) is 0 Å². The Bertz CT molecular complexity index is 803. The summed E-state index contributed by atoms with van der Waals surface area (Å²) in [4.78, 5) is 0. The van der Waals surface area contributed by atoms with E-state index >= 15 is 0 Å². The first kappa shape index (κ1) is 17.5. The molecule has 1 atom stereocenters. The average molecular weight is 343 g/mol. The molecule has 0 spiro atoms. The molecule has 0 heterocycles. The summed E-state index contributed by atoms with van der Waals surface area (Å²) < 4.78 is 71.6. The Morgan fingerprint density at radius 3 is 2.12 bits per heavy atom. The molecule has 0 bridgehead atoms. The highest BCUT2D eigenvalue weighted by molar-refractivity contribution is 5.48. The van der Waals surface area contributed by atoms with Crippen LogP contribution in [0.2, 0.25) is 0 Å². The Morgan fingerprint density at radius 1 is 1.04 bits per heavy atom. The Hall–Kier alpha value is -2.82. The molecule has 2 rings (SSSR count). The van der Waals surface area contributed by atoms with Crippen LogP contribution in [0.1, 0.15) is 24.0 Å². The maximum Gasteiger partial charge on any atom is 0.200 e. The summed E-state index contributed by atoms with van der Waals surface area (Å²) >= 11 is 0. The number of aromatic hydroxyl groups is 1. The molecule has 8 heteroatoms. The monoisotopic (exact) mass is 343 g/mol. The number of halogens is 5. The van der Waals surface area contributed by atoms with Crippen LogP contribution in [0.5, 0.6) is 11.5 Å². The predicted octanol–water partition coefficient (Wildman–Crippen LogP) is 4.29. The van der Waals surface area contributed by atoms with Gasteiger partial charge in [-0.25, -0.2) is 22.0 Å². The summed E-state index contributed by atoms with van der Waals surface area (Å²) in [6.45, 7) is 0.467. The summed E-state index contributed by atoms with van der Waals surface area (Å²) in [5.41, 5.74) is -0.966. The second-order valence-electron chi connectivity index (χ2n) is 4.88. The largest absolute Gasteiger partial charge is 0.504 e. The van der Waals surface area contributed by atoms with E-state index in [9.17, 15) is 27.1 Å². The molecule has 0 fully saturated rings. The van der Waals surface area contributed by atoms with Gasteiger partial charge in [0.1, 0.15) is 6.61 Å². The van der Waals surface area contributed by atoms with Gasteiger partial charge in [0.25, 0.3) is 0 Å². The summed E-state index contributed by atoms with van der Waals surface area (Å²) in [5.74, 6) is -11.9. The van der Waals surface area contributed by atoms with Crippen molar-refractivity contribution in [2.75, 3.05) is 0 Å². The maximum absolute atomic E-state index is 13.6. The van der Waals surface area contributed by atoms with Crippen molar-refractivity contribution in [3.63, 3.8) is 0 Å². The first-order valence-corrected chi connectivity index (χ1v) is 6.64. The number of para-hydroxylation sites is 1. The zero-order valence-electron chi connectivity index (χ0n) is 12.2. The number of nitriles is 1. The lowest BCUT2D eigenvalue weighted by Gasteiger charge is -2.15. The maximum atomic E-state index is 13.6. The van der Waals surface area contributed by atoms with Gasteiger partial charge in [0.15, 0.2) is 34.8 Å². The van der Waals surface area contributed by atoms with Gasteiger partial charge in [0.05, 0.1) is 17.6 Å². The van der Waals surface area contributed by atoms with Crippen LogP contribution in [-0.2, 0) is 6.61 Å². The fourth-order valence-electron chi connectivity index (χ4n) is 2.03. The van der Waals surface area contributed by atoms with Crippen molar-refractivity contribution in [2.45, 2.75) is 19.4 Å².